The standard InChI is InChI=1S/C14H8F3N5OS2/c15-14(16,17)8-3-4-10-19-20-13(22(10)6-8)25-7-11-18-12(21-23-11)9-2-1-5-24-9/h1-6H,7H2. The Bertz CT molecular complexity index is 1010. The Kier molecular flexibility index (Phi) is 3.96. The third-order valence-electron chi connectivity index (χ3n) is 3.23. The lowest BCUT2D eigenvalue weighted by molar-refractivity contribution is -0.137. The lowest BCUT2D eigenvalue weighted by atomic mass is 10.3. The van der Waals surface area contributed by atoms with Crippen molar-refractivity contribution >= 4 is 28.7 Å². The van der Waals surface area contributed by atoms with E-state index in [1.165, 1.54) is 33.6 Å². The molecule has 0 aliphatic heterocycles. The predicted octanol–water partition coefficient (Wildman–Crippen LogP) is 4.15. The summed E-state index contributed by atoms with van der Waals surface area (Å²) < 4.78 is 45.0. The minimum atomic E-state index is -4.43. The van der Waals surface area contributed by atoms with E-state index in [1.807, 2.05) is 17.5 Å². The van der Waals surface area contributed by atoms with Gasteiger partial charge in [0.25, 0.3) is 0 Å². The summed E-state index contributed by atoms with van der Waals surface area (Å²) in [6, 6.07) is 6.01. The lowest BCUT2D eigenvalue weighted by Gasteiger charge is -2.06. The Morgan fingerprint density at radius 3 is 2.84 bits per heavy atom. The van der Waals surface area contributed by atoms with Gasteiger partial charge < -0.3 is 4.52 Å². The molecule has 0 fully saturated rings. The highest BCUT2D eigenvalue weighted by Gasteiger charge is 2.31. The van der Waals surface area contributed by atoms with Crippen LogP contribution in [0.15, 0.2) is 45.5 Å². The Morgan fingerprint density at radius 2 is 2.08 bits per heavy atom. The third-order valence-corrected chi connectivity index (χ3v) is 5.03. The highest BCUT2D eigenvalue weighted by Crippen LogP contribution is 2.30. The number of thioether (sulfide) groups is 1. The fourth-order valence-electron chi connectivity index (χ4n) is 2.08. The minimum Gasteiger partial charge on any atom is -0.338 e. The summed E-state index contributed by atoms with van der Waals surface area (Å²) in [5.41, 5.74) is -0.431. The molecule has 11 heteroatoms. The number of hydrogen-bond acceptors (Lipinski definition) is 7. The zero-order valence-corrected chi connectivity index (χ0v) is 13.9. The SMILES string of the molecule is FC(F)(F)c1ccc2nnc(SCc3nc(-c4cccs4)no3)n2c1. The number of pyridine rings is 1. The highest BCUT2D eigenvalue weighted by molar-refractivity contribution is 7.98. The fourth-order valence-corrected chi connectivity index (χ4v) is 3.48. The maximum atomic E-state index is 12.8. The Labute approximate surface area is 146 Å². The van der Waals surface area contributed by atoms with Gasteiger partial charge in [-0.1, -0.05) is 23.0 Å². The molecular weight excluding hydrogens is 375 g/mol. The first-order chi connectivity index (χ1) is 12.0. The first kappa shape index (κ1) is 16.1. The third kappa shape index (κ3) is 3.24. The molecule has 0 amide bonds. The van der Waals surface area contributed by atoms with E-state index in [2.05, 4.69) is 20.3 Å². The molecule has 128 valence electrons. The molecule has 0 spiro atoms. The molecule has 0 saturated heterocycles. The summed E-state index contributed by atoms with van der Waals surface area (Å²) in [7, 11) is 0. The number of halogens is 3. The Morgan fingerprint density at radius 1 is 1.20 bits per heavy atom. The average molecular weight is 383 g/mol. The van der Waals surface area contributed by atoms with Crippen LogP contribution in [0.3, 0.4) is 0 Å². The van der Waals surface area contributed by atoms with E-state index in [0.29, 0.717) is 22.5 Å². The van der Waals surface area contributed by atoms with Crippen LogP contribution in [0.25, 0.3) is 16.3 Å². The number of fused-ring (bicyclic) bond motifs is 1. The lowest BCUT2D eigenvalue weighted by Crippen LogP contribution is -2.06. The van der Waals surface area contributed by atoms with Crippen LogP contribution in [0, 0.1) is 0 Å². The number of hydrogen-bond donors (Lipinski definition) is 0. The van der Waals surface area contributed by atoms with E-state index in [-0.39, 0.29) is 5.75 Å². The zero-order chi connectivity index (χ0) is 17.4. The van der Waals surface area contributed by atoms with Crippen LogP contribution in [-0.4, -0.2) is 24.7 Å². The summed E-state index contributed by atoms with van der Waals surface area (Å²) >= 11 is 2.65. The fraction of sp³-hybridized carbons (Fsp3) is 0.143. The molecule has 0 aliphatic rings. The first-order valence-electron chi connectivity index (χ1n) is 6.92. The van der Waals surface area contributed by atoms with E-state index >= 15 is 0 Å². The van der Waals surface area contributed by atoms with Gasteiger partial charge in [0.2, 0.25) is 11.7 Å². The summed E-state index contributed by atoms with van der Waals surface area (Å²) in [5, 5.41) is 13.9. The second-order valence-corrected chi connectivity index (χ2v) is 6.79. The maximum Gasteiger partial charge on any atom is 0.417 e. The van der Waals surface area contributed by atoms with Crippen molar-refractivity contribution in [2.24, 2.45) is 0 Å². The molecule has 0 saturated carbocycles. The van der Waals surface area contributed by atoms with Gasteiger partial charge in [0.15, 0.2) is 10.8 Å². The van der Waals surface area contributed by atoms with Crippen molar-refractivity contribution in [3.05, 3.63) is 47.3 Å². The normalized spacial score (nSPS) is 12.1. The van der Waals surface area contributed by atoms with Crippen LogP contribution in [0.5, 0.6) is 0 Å². The number of nitrogens with zero attached hydrogens (tertiary/aromatic N) is 5. The van der Waals surface area contributed by atoms with Crippen LogP contribution in [0.1, 0.15) is 11.5 Å². The van der Waals surface area contributed by atoms with Crippen LogP contribution in [-0.2, 0) is 11.9 Å². The number of thiophene rings is 1. The number of aromatic nitrogens is 5. The first-order valence-corrected chi connectivity index (χ1v) is 8.78. The second kappa shape index (κ2) is 6.15. The molecule has 0 aliphatic carbocycles. The van der Waals surface area contributed by atoms with Gasteiger partial charge in [-0.15, -0.1) is 21.5 Å². The van der Waals surface area contributed by atoms with E-state index in [1.54, 1.807) is 0 Å². The van der Waals surface area contributed by atoms with Crippen LogP contribution >= 0.6 is 23.1 Å². The summed E-state index contributed by atoms with van der Waals surface area (Å²) in [6.07, 6.45) is -3.45. The Hall–Kier alpha value is -2.40. The van der Waals surface area contributed by atoms with Gasteiger partial charge in [-0.25, -0.2) is 0 Å². The van der Waals surface area contributed by atoms with Gasteiger partial charge in [-0.2, -0.15) is 18.2 Å². The second-order valence-electron chi connectivity index (χ2n) is 4.90. The van der Waals surface area contributed by atoms with Crippen molar-refractivity contribution in [3.8, 4) is 10.7 Å². The predicted molar refractivity (Wildman–Crippen MR) is 85.2 cm³/mol. The number of rotatable bonds is 4. The van der Waals surface area contributed by atoms with Crippen molar-refractivity contribution < 1.29 is 17.7 Å². The molecule has 4 aromatic heterocycles. The quantitative estimate of drug-likeness (QED) is 0.493. The molecular formula is C14H8F3N5OS2. The zero-order valence-electron chi connectivity index (χ0n) is 12.3. The molecule has 4 rings (SSSR count). The largest absolute Gasteiger partial charge is 0.417 e. The van der Waals surface area contributed by atoms with Crippen molar-refractivity contribution in [3.63, 3.8) is 0 Å². The molecule has 4 aromatic rings. The van der Waals surface area contributed by atoms with Gasteiger partial charge in [0.05, 0.1) is 16.2 Å². The molecule has 25 heavy (non-hydrogen) atoms. The molecule has 0 atom stereocenters. The van der Waals surface area contributed by atoms with Crippen molar-refractivity contribution in [2.45, 2.75) is 17.1 Å². The number of alkyl halides is 3. The van der Waals surface area contributed by atoms with E-state index in [0.717, 1.165) is 17.1 Å². The smallest absolute Gasteiger partial charge is 0.338 e. The summed E-state index contributed by atoms with van der Waals surface area (Å²) in [5.74, 6) is 1.11. The molecule has 0 N–H and O–H groups in total. The van der Waals surface area contributed by atoms with Gasteiger partial charge in [-0.3, -0.25) is 4.40 Å². The summed E-state index contributed by atoms with van der Waals surface area (Å²) in [6.45, 7) is 0. The van der Waals surface area contributed by atoms with Gasteiger partial charge in [-0.05, 0) is 23.6 Å². The van der Waals surface area contributed by atoms with Crippen molar-refractivity contribution in [2.75, 3.05) is 0 Å². The van der Waals surface area contributed by atoms with Crippen LogP contribution in [0.2, 0.25) is 0 Å². The molecule has 0 aromatic carbocycles. The van der Waals surface area contributed by atoms with Gasteiger partial charge in [0.1, 0.15) is 0 Å². The maximum absolute atomic E-state index is 12.8. The monoisotopic (exact) mass is 383 g/mol. The molecule has 0 unspecified atom stereocenters. The van der Waals surface area contributed by atoms with Gasteiger partial charge in [0, 0.05) is 6.20 Å². The van der Waals surface area contributed by atoms with E-state index in [4.69, 9.17) is 4.52 Å². The minimum absolute atomic E-state index is 0.273. The molecule has 0 bridgehead atoms. The van der Waals surface area contributed by atoms with Crippen molar-refractivity contribution in [1.82, 2.24) is 24.7 Å². The Balaban J connectivity index is 1.55. The topological polar surface area (TPSA) is 69.1 Å². The van der Waals surface area contributed by atoms with E-state index in [9.17, 15) is 13.2 Å². The summed E-state index contributed by atoms with van der Waals surface area (Å²) in [4.78, 5) is 5.14. The average Bonchev–Trinajstić information content (AvgIpc) is 3.31. The molecule has 0 radical (unpaired) electrons. The van der Waals surface area contributed by atoms with Crippen LogP contribution in [0.4, 0.5) is 13.2 Å². The highest BCUT2D eigenvalue weighted by atomic mass is 32.2. The van der Waals surface area contributed by atoms with E-state index < -0.39 is 11.7 Å². The molecule has 6 nitrogen and oxygen atoms in total. The molecule has 4 heterocycles. The van der Waals surface area contributed by atoms with Crippen molar-refractivity contribution in [1.29, 1.82) is 0 Å². The van der Waals surface area contributed by atoms with Crippen LogP contribution < -0.4 is 0 Å². The van der Waals surface area contributed by atoms with Gasteiger partial charge >= 0.3 is 6.18 Å².